The number of aromatic nitrogens is 2. The largest absolute Gasteiger partial charge is 0.497 e. The number of rotatable bonds is 8. The third kappa shape index (κ3) is 5.68. The Balaban J connectivity index is 1.57. The van der Waals surface area contributed by atoms with Crippen LogP contribution in [-0.4, -0.2) is 22.8 Å². The van der Waals surface area contributed by atoms with Crippen molar-refractivity contribution in [2.75, 3.05) is 7.11 Å². The van der Waals surface area contributed by atoms with Crippen LogP contribution in [0.25, 0.3) is 11.3 Å². The molecule has 0 saturated carbocycles. The minimum atomic E-state index is -0.201. The van der Waals surface area contributed by atoms with Crippen molar-refractivity contribution in [1.29, 1.82) is 0 Å². The van der Waals surface area contributed by atoms with Gasteiger partial charge in [0.15, 0.2) is 0 Å². The summed E-state index contributed by atoms with van der Waals surface area (Å²) in [5.74, 6) is 0.624. The fourth-order valence-corrected chi connectivity index (χ4v) is 3.06. The number of halogens is 1. The molecule has 0 unspecified atom stereocenters. The quantitative estimate of drug-likeness (QED) is 0.613. The number of ether oxygens (including phenoxy) is 1. The summed E-state index contributed by atoms with van der Waals surface area (Å²) in [4.78, 5) is 24.2. The number of amides is 1. The number of hydrogen-bond acceptors (Lipinski definition) is 4. The molecule has 0 fully saturated rings. The second-order valence-electron chi connectivity index (χ2n) is 6.48. The predicted molar refractivity (Wildman–Crippen MR) is 113 cm³/mol. The highest BCUT2D eigenvalue weighted by Crippen LogP contribution is 2.21. The fourth-order valence-electron chi connectivity index (χ4n) is 2.86. The van der Waals surface area contributed by atoms with E-state index in [1.165, 1.54) is 10.7 Å². The molecular formula is C22H22ClN3O3. The van der Waals surface area contributed by atoms with E-state index in [2.05, 4.69) is 10.4 Å². The molecule has 0 spiro atoms. The average Bonchev–Trinajstić information content (AvgIpc) is 2.74. The molecule has 150 valence electrons. The summed E-state index contributed by atoms with van der Waals surface area (Å²) in [5, 5.41) is 7.89. The number of carbonyl (C=O) groups is 1. The van der Waals surface area contributed by atoms with Crippen LogP contribution in [0.3, 0.4) is 0 Å². The van der Waals surface area contributed by atoms with Crippen molar-refractivity contribution in [2.45, 2.75) is 25.9 Å². The first kappa shape index (κ1) is 20.6. The summed E-state index contributed by atoms with van der Waals surface area (Å²) in [6, 6.07) is 18.0. The van der Waals surface area contributed by atoms with Gasteiger partial charge in [0.25, 0.3) is 5.56 Å². The highest BCUT2D eigenvalue weighted by atomic mass is 35.5. The lowest BCUT2D eigenvalue weighted by atomic mass is 10.1. The number of benzene rings is 2. The number of carbonyl (C=O) groups excluding carboxylic acids is 1. The fraction of sp³-hybridized carbons (Fsp3) is 0.227. The lowest BCUT2D eigenvalue weighted by Crippen LogP contribution is -2.25. The van der Waals surface area contributed by atoms with E-state index in [0.717, 1.165) is 16.9 Å². The number of nitrogens with zero attached hydrogens (tertiary/aromatic N) is 2. The van der Waals surface area contributed by atoms with E-state index in [9.17, 15) is 9.59 Å². The zero-order valence-corrected chi connectivity index (χ0v) is 16.9. The molecular weight excluding hydrogens is 390 g/mol. The molecule has 0 atom stereocenters. The topological polar surface area (TPSA) is 73.2 Å². The van der Waals surface area contributed by atoms with Crippen LogP contribution in [0.1, 0.15) is 18.4 Å². The van der Waals surface area contributed by atoms with Gasteiger partial charge < -0.3 is 10.1 Å². The van der Waals surface area contributed by atoms with Gasteiger partial charge in [0.1, 0.15) is 5.75 Å². The first-order valence-corrected chi connectivity index (χ1v) is 9.67. The van der Waals surface area contributed by atoms with Gasteiger partial charge in [0.2, 0.25) is 5.91 Å². The Morgan fingerprint density at radius 1 is 1.14 bits per heavy atom. The lowest BCUT2D eigenvalue weighted by Gasteiger charge is -2.09. The zero-order chi connectivity index (χ0) is 20.6. The standard InChI is InChI=1S/C22H22ClN3O3/c1-29-18-8-4-7-16(14-18)20-11-12-22(28)26(25-20)13-5-10-21(27)24-15-17-6-2-3-9-19(17)23/h2-4,6-9,11-12,14H,5,10,13,15H2,1H3,(H,24,27). The molecule has 1 N–H and O–H groups in total. The van der Waals surface area contributed by atoms with Gasteiger partial charge in [-0.3, -0.25) is 9.59 Å². The third-order valence-corrected chi connectivity index (χ3v) is 4.81. The van der Waals surface area contributed by atoms with Gasteiger partial charge in [0.05, 0.1) is 12.8 Å². The van der Waals surface area contributed by atoms with Crippen molar-refractivity contribution < 1.29 is 9.53 Å². The van der Waals surface area contributed by atoms with Gasteiger partial charge in [-0.05, 0) is 36.2 Å². The monoisotopic (exact) mass is 411 g/mol. The van der Waals surface area contributed by atoms with Gasteiger partial charge in [-0.1, -0.05) is 41.9 Å². The minimum absolute atomic E-state index is 0.0954. The molecule has 0 aliphatic carbocycles. The maximum absolute atomic E-state index is 12.1. The third-order valence-electron chi connectivity index (χ3n) is 4.44. The lowest BCUT2D eigenvalue weighted by molar-refractivity contribution is -0.121. The molecule has 29 heavy (non-hydrogen) atoms. The molecule has 2 aromatic carbocycles. The van der Waals surface area contributed by atoms with E-state index < -0.39 is 0 Å². The van der Waals surface area contributed by atoms with E-state index in [1.54, 1.807) is 19.2 Å². The normalized spacial score (nSPS) is 10.6. The minimum Gasteiger partial charge on any atom is -0.497 e. The van der Waals surface area contributed by atoms with Gasteiger partial charge in [0, 0.05) is 36.2 Å². The Bertz CT molecular complexity index is 1050. The molecule has 1 aromatic heterocycles. The van der Waals surface area contributed by atoms with E-state index >= 15 is 0 Å². The van der Waals surface area contributed by atoms with Crippen molar-refractivity contribution >= 4 is 17.5 Å². The summed E-state index contributed by atoms with van der Waals surface area (Å²) in [6.07, 6.45) is 0.796. The summed E-state index contributed by atoms with van der Waals surface area (Å²) in [7, 11) is 1.60. The van der Waals surface area contributed by atoms with Gasteiger partial charge in [-0.15, -0.1) is 0 Å². The molecule has 0 aliphatic heterocycles. The Morgan fingerprint density at radius 3 is 2.76 bits per heavy atom. The van der Waals surface area contributed by atoms with Gasteiger partial charge in [-0.2, -0.15) is 5.10 Å². The second kappa shape index (κ2) is 9.89. The van der Waals surface area contributed by atoms with Crippen LogP contribution in [0.2, 0.25) is 5.02 Å². The van der Waals surface area contributed by atoms with Crippen molar-refractivity contribution in [3.63, 3.8) is 0 Å². The summed E-state index contributed by atoms with van der Waals surface area (Å²) in [6.45, 7) is 0.734. The van der Waals surface area contributed by atoms with E-state index in [1.807, 2.05) is 42.5 Å². The van der Waals surface area contributed by atoms with E-state index in [0.29, 0.717) is 36.6 Å². The number of hydrogen-bond donors (Lipinski definition) is 1. The predicted octanol–water partition coefficient (Wildman–Crippen LogP) is 3.67. The molecule has 1 amide bonds. The number of aryl methyl sites for hydroxylation is 1. The molecule has 0 radical (unpaired) electrons. The Morgan fingerprint density at radius 2 is 1.97 bits per heavy atom. The Labute approximate surface area is 174 Å². The maximum atomic E-state index is 12.1. The van der Waals surface area contributed by atoms with Crippen molar-refractivity contribution in [2.24, 2.45) is 0 Å². The zero-order valence-electron chi connectivity index (χ0n) is 16.1. The molecule has 3 aromatic rings. The first-order chi connectivity index (χ1) is 14.1. The van der Waals surface area contributed by atoms with Crippen molar-refractivity contribution in [3.8, 4) is 17.0 Å². The van der Waals surface area contributed by atoms with Crippen molar-refractivity contribution in [1.82, 2.24) is 15.1 Å². The maximum Gasteiger partial charge on any atom is 0.266 e. The molecule has 0 bridgehead atoms. The van der Waals surface area contributed by atoms with E-state index in [-0.39, 0.29) is 11.5 Å². The molecule has 0 aliphatic rings. The van der Waals surface area contributed by atoms with Crippen LogP contribution in [-0.2, 0) is 17.9 Å². The highest BCUT2D eigenvalue weighted by Gasteiger charge is 2.07. The van der Waals surface area contributed by atoms with Crippen LogP contribution < -0.4 is 15.6 Å². The molecule has 7 heteroatoms. The smallest absolute Gasteiger partial charge is 0.266 e. The van der Waals surface area contributed by atoms with Gasteiger partial charge in [-0.25, -0.2) is 4.68 Å². The van der Waals surface area contributed by atoms with Crippen LogP contribution >= 0.6 is 11.6 Å². The average molecular weight is 412 g/mol. The highest BCUT2D eigenvalue weighted by molar-refractivity contribution is 6.31. The second-order valence-corrected chi connectivity index (χ2v) is 6.89. The summed E-state index contributed by atoms with van der Waals surface area (Å²) >= 11 is 6.09. The molecule has 1 heterocycles. The number of methoxy groups -OCH3 is 1. The SMILES string of the molecule is COc1cccc(-c2ccc(=O)n(CCCC(=O)NCc3ccccc3Cl)n2)c1. The van der Waals surface area contributed by atoms with Crippen LogP contribution in [0, 0.1) is 0 Å². The van der Waals surface area contributed by atoms with Gasteiger partial charge >= 0.3 is 0 Å². The molecule has 0 saturated heterocycles. The molecule has 3 rings (SSSR count). The summed E-state index contributed by atoms with van der Waals surface area (Å²) < 4.78 is 6.62. The van der Waals surface area contributed by atoms with Crippen LogP contribution in [0.4, 0.5) is 0 Å². The Kier molecular flexibility index (Phi) is 7.03. The van der Waals surface area contributed by atoms with E-state index in [4.69, 9.17) is 16.3 Å². The van der Waals surface area contributed by atoms with Crippen molar-refractivity contribution in [3.05, 3.63) is 81.6 Å². The molecule has 6 nitrogen and oxygen atoms in total. The van der Waals surface area contributed by atoms with Crippen LogP contribution in [0.15, 0.2) is 65.5 Å². The summed E-state index contributed by atoms with van der Waals surface area (Å²) in [5.41, 5.74) is 2.20. The Hall–Kier alpha value is -3.12. The number of nitrogens with one attached hydrogen (secondary N) is 1. The first-order valence-electron chi connectivity index (χ1n) is 9.29. The van der Waals surface area contributed by atoms with Crippen LogP contribution in [0.5, 0.6) is 5.75 Å².